The molecule has 4 rings (SSSR count). The second kappa shape index (κ2) is 10.2. The number of ketones is 1. The van der Waals surface area contributed by atoms with Gasteiger partial charge in [0.1, 0.15) is 23.3 Å². The molecular formula is C27H32N4O3. The second-order valence-electron chi connectivity index (χ2n) is 9.25. The summed E-state index contributed by atoms with van der Waals surface area (Å²) in [6.45, 7) is 9.19. The highest BCUT2D eigenvalue weighted by molar-refractivity contribution is 5.79. The SMILES string of the molecule is CC(=O)C1CCN(c2ncc(CC(=O)NC(c3ccc(C)o3)c3ccc(C)cc3C)cn2)CC1. The molecule has 0 radical (unpaired) electrons. The number of Topliss-reactive ketones (excluding diaryl/α,β-unsaturated/α-hetero) is 1. The summed E-state index contributed by atoms with van der Waals surface area (Å²) in [6, 6.07) is 9.64. The zero-order chi connectivity index (χ0) is 24.2. The lowest BCUT2D eigenvalue weighted by molar-refractivity contribution is -0.122. The summed E-state index contributed by atoms with van der Waals surface area (Å²) in [7, 11) is 0. The average Bonchev–Trinajstić information content (AvgIpc) is 3.24. The molecule has 1 amide bonds. The predicted molar refractivity (Wildman–Crippen MR) is 131 cm³/mol. The summed E-state index contributed by atoms with van der Waals surface area (Å²) >= 11 is 0. The van der Waals surface area contributed by atoms with E-state index in [1.807, 2.05) is 38.1 Å². The summed E-state index contributed by atoms with van der Waals surface area (Å²) in [5.74, 6) is 2.42. The lowest BCUT2D eigenvalue weighted by atomic mass is 9.93. The van der Waals surface area contributed by atoms with Crippen LogP contribution < -0.4 is 10.2 Å². The van der Waals surface area contributed by atoms with Crippen molar-refractivity contribution < 1.29 is 14.0 Å². The van der Waals surface area contributed by atoms with Gasteiger partial charge in [-0.05, 0) is 69.4 Å². The fourth-order valence-corrected chi connectivity index (χ4v) is 4.55. The highest BCUT2D eigenvalue weighted by atomic mass is 16.3. The summed E-state index contributed by atoms with van der Waals surface area (Å²) in [4.78, 5) is 35.6. The third-order valence-electron chi connectivity index (χ3n) is 6.50. The lowest BCUT2D eigenvalue weighted by Gasteiger charge is -2.30. The Morgan fingerprint density at radius 2 is 1.79 bits per heavy atom. The smallest absolute Gasteiger partial charge is 0.225 e. The molecule has 0 bridgehead atoms. The molecule has 7 nitrogen and oxygen atoms in total. The van der Waals surface area contributed by atoms with Crippen molar-refractivity contribution >= 4 is 17.6 Å². The molecule has 1 aliphatic heterocycles. The molecule has 1 unspecified atom stereocenters. The van der Waals surface area contributed by atoms with Crippen LogP contribution in [-0.2, 0) is 16.0 Å². The van der Waals surface area contributed by atoms with E-state index in [1.165, 1.54) is 5.56 Å². The van der Waals surface area contributed by atoms with Crippen LogP contribution >= 0.6 is 0 Å². The molecular weight excluding hydrogens is 428 g/mol. The zero-order valence-corrected chi connectivity index (χ0v) is 20.3. The number of furan rings is 1. The number of rotatable bonds is 7. The minimum Gasteiger partial charge on any atom is -0.464 e. The number of hydrogen-bond donors (Lipinski definition) is 1. The van der Waals surface area contributed by atoms with Gasteiger partial charge in [0, 0.05) is 31.4 Å². The van der Waals surface area contributed by atoms with Crippen molar-refractivity contribution in [3.8, 4) is 0 Å². The maximum atomic E-state index is 13.0. The average molecular weight is 461 g/mol. The summed E-state index contributed by atoms with van der Waals surface area (Å²) < 4.78 is 5.88. The Kier molecular flexibility index (Phi) is 7.10. The van der Waals surface area contributed by atoms with Gasteiger partial charge in [-0.25, -0.2) is 9.97 Å². The molecule has 1 saturated heterocycles. The number of benzene rings is 1. The van der Waals surface area contributed by atoms with Crippen molar-refractivity contribution in [2.45, 2.75) is 53.0 Å². The van der Waals surface area contributed by atoms with E-state index in [4.69, 9.17) is 4.42 Å². The molecule has 1 aromatic carbocycles. The quantitative estimate of drug-likeness (QED) is 0.567. The van der Waals surface area contributed by atoms with Gasteiger partial charge in [0.05, 0.1) is 6.42 Å². The highest BCUT2D eigenvalue weighted by Crippen LogP contribution is 2.27. The molecule has 34 heavy (non-hydrogen) atoms. The molecule has 2 aromatic heterocycles. The number of aromatic nitrogens is 2. The van der Waals surface area contributed by atoms with Crippen molar-refractivity contribution in [1.29, 1.82) is 0 Å². The number of piperidine rings is 1. The van der Waals surface area contributed by atoms with Gasteiger partial charge in [0.25, 0.3) is 0 Å². The van der Waals surface area contributed by atoms with Crippen LogP contribution in [0, 0.1) is 26.7 Å². The van der Waals surface area contributed by atoms with Gasteiger partial charge < -0.3 is 14.6 Å². The second-order valence-corrected chi connectivity index (χ2v) is 9.25. The predicted octanol–water partition coefficient (Wildman–Crippen LogP) is 4.25. The standard InChI is InChI=1S/C27H32N4O3/c1-17-5-7-23(18(2)13-17)26(24-8-6-19(3)34-24)30-25(33)14-21-15-28-27(29-16-21)31-11-9-22(10-12-31)20(4)32/h5-8,13,15-16,22,26H,9-12,14H2,1-4H3,(H,30,33). The van der Waals surface area contributed by atoms with Crippen LogP contribution in [0.1, 0.15) is 59.6 Å². The Hall–Kier alpha value is -3.48. The molecule has 1 N–H and O–H groups in total. The molecule has 1 aliphatic rings. The maximum Gasteiger partial charge on any atom is 0.225 e. The van der Waals surface area contributed by atoms with E-state index in [1.54, 1.807) is 19.3 Å². The number of anilines is 1. The van der Waals surface area contributed by atoms with E-state index < -0.39 is 0 Å². The highest BCUT2D eigenvalue weighted by Gasteiger charge is 2.24. The third kappa shape index (κ3) is 5.53. The minimum atomic E-state index is -0.371. The van der Waals surface area contributed by atoms with Crippen LogP contribution in [0.2, 0.25) is 0 Å². The van der Waals surface area contributed by atoms with Crippen molar-refractivity contribution in [1.82, 2.24) is 15.3 Å². The van der Waals surface area contributed by atoms with E-state index in [0.29, 0.717) is 11.7 Å². The number of carbonyl (C=O) groups excluding carboxylic acids is 2. The summed E-state index contributed by atoms with van der Waals surface area (Å²) in [5.41, 5.74) is 4.02. The number of amides is 1. The molecule has 1 fully saturated rings. The van der Waals surface area contributed by atoms with Gasteiger partial charge in [-0.1, -0.05) is 23.8 Å². The van der Waals surface area contributed by atoms with Crippen molar-refractivity contribution in [3.63, 3.8) is 0 Å². The number of carbonyl (C=O) groups is 2. The van der Waals surface area contributed by atoms with Crippen LogP contribution in [0.3, 0.4) is 0 Å². The van der Waals surface area contributed by atoms with Crippen molar-refractivity contribution in [3.05, 3.63) is 76.5 Å². The fraction of sp³-hybridized carbons (Fsp3) is 0.407. The van der Waals surface area contributed by atoms with E-state index >= 15 is 0 Å². The van der Waals surface area contributed by atoms with Gasteiger partial charge >= 0.3 is 0 Å². The van der Waals surface area contributed by atoms with E-state index in [9.17, 15) is 9.59 Å². The maximum absolute atomic E-state index is 13.0. The first-order valence-electron chi connectivity index (χ1n) is 11.8. The van der Waals surface area contributed by atoms with E-state index in [-0.39, 0.29) is 30.1 Å². The Labute approximate surface area is 200 Å². The topological polar surface area (TPSA) is 88.3 Å². The van der Waals surface area contributed by atoms with Crippen LogP contribution in [0.4, 0.5) is 5.95 Å². The molecule has 0 spiro atoms. The molecule has 1 atom stereocenters. The number of nitrogens with zero attached hydrogens (tertiary/aromatic N) is 3. The Balaban J connectivity index is 1.43. The molecule has 3 aromatic rings. The normalized spacial score (nSPS) is 15.2. The first-order valence-corrected chi connectivity index (χ1v) is 11.8. The fourth-order valence-electron chi connectivity index (χ4n) is 4.55. The largest absolute Gasteiger partial charge is 0.464 e. The summed E-state index contributed by atoms with van der Waals surface area (Å²) in [6.07, 6.45) is 5.25. The Morgan fingerprint density at radius 3 is 2.38 bits per heavy atom. The van der Waals surface area contributed by atoms with E-state index in [2.05, 4.69) is 33.2 Å². The van der Waals surface area contributed by atoms with Crippen LogP contribution in [0.25, 0.3) is 0 Å². The monoisotopic (exact) mass is 460 g/mol. The van der Waals surface area contributed by atoms with Gasteiger partial charge in [-0.3, -0.25) is 9.59 Å². The van der Waals surface area contributed by atoms with Gasteiger partial charge in [0.15, 0.2) is 0 Å². The number of hydrogen-bond acceptors (Lipinski definition) is 6. The van der Waals surface area contributed by atoms with Crippen molar-refractivity contribution in [2.24, 2.45) is 5.92 Å². The molecule has 7 heteroatoms. The Morgan fingerprint density at radius 1 is 1.09 bits per heavy atom. The Bertz CT molecular complexity index is 1160. The number of nitrogens with one attached hydrogen (secondary N) is 1. The van der Waals surface area contributed by atoms with Crippen LogP contribution in [0.15, 0.2) is 47.1 Å². The number of aryl methyl sites for hydroxylation is 3. The third-order valence-corrected chi connectivity index (χ3v) is 6.50. The first-order chi connectivity index (χ1) is 16.3. The summed E-state index contributed by atoms with van der Waals surface area (Å²) in [5, 5.41) is 3.13. The van der Waals surface area contributed by atoms with Gasteiger partial charge in [-0.2, -0.15) is 0 Å². The molecule has 178 valence electrons. The molecule has 0 saturated carbocycles. The minimum absolute atomic E-state index is 0.127. The van der Waals surface area contributed by atoms with Crippen molar-refractivity contribution in [2.75, 3.05) is 18.0 Å². The van der Waals surface area contributed by atoms with Gasteiger partial charge in [0.2, 0.25) is 11.9 Å². The lowest BCUT2D eigenvalue weighted by Crippen LogP contribution is -2.36. The zero-order valence-electron chi connectivity index (χ0n) is 20.3. The van der Waals surface area contributed by atoms with Crippen LogP contribution in [0.5, 0.6) is 0 Å². The van der Waals surface area contributed by atoms with Crippen LogP contribution in [-0.4, -0.2) is 34.7 Å². The molecule has 3 heterocycles. The van der Waals surface area contributed by atoms with Gasteiger partial charge in [-0.15, -0.1) is 0 Å². The van der Waals surface area contributed by atoms with E-state index in [0.717, 1.165) is 48.4 Å². The first kappa shape index (κ1) is 23.7. The molecule has 0 aliphatic carbocycles.